The molecule has 0 atom stereocenters. The molecule has 118 valence electrons. The second kappa shape index (κ2) is 6.17. The standard InChI is InChI=1S/C20H22N2O/c23-20(17-7-8-19-16(12-17)6-3-10-21-19)14-22-11-9-15-4-1-2-5-18(15)13-22/h1-2,4-5,7-8,12,21H,3,6,9-11,13-14H2. The summed E-state index contributed by atoms with van der Waals surface area (Å²) < 4.78 is 0. The Bertz CT molecular complexity index is 738. The number of nitrogens with one attached hydrogen (secondary N) is 1. The number of aryl methyl sites for hydroxylation is 1. The van der Waals surface area contributed by atoms with Gasteiger partial charge in [-0.3, -0.25) is 9.69 Å². The molecule has 0 radical (unpaired) electrons. The molecule has 2 aliphatic rings. The molecule has 0 aliphatic carbocycles. The van der Waals surface area contributed by atoms with Crippen LogP contribution in [0.4, 0.5) is 5.69 Å². The number of carbonyl (C=O) groups excluding carboxylic acids is 1. The van der Waals surface area contributed by atoms with E-state index in [4.69, 9.17) is 0 Å². The van der Waals surface area contributed by atoms with E-state index in [1.165, 1.54) is 22.4 Å². The zero-order chi connectivity index (χ0) is 15.6. The number of benzene rings is 2. The van der Waals surface area contributed by atoms with E-state index >= 15 is 0 Å². The Kier molecular flexibility index (Phi) is 3.88. The van der Waals surface area contributed by atoms with Gasteiger partial charge in [0.05, 0.1) is 6.54 Å². The van der Waals surface area contributed by atoms with Gasteiger partial charge in [-0.2, -0.15) is 0 Å². The molecular weight excluding hydrogens is 284 g/mol. The number of ketones is 1. The third-order valence-electron chi connectivity index (χ3n) is 4.94. The zero-order valence-electron chi connectivity index (χ0n) is 13.3. The Morgan fingerprint density at radius 1 is 1.04 bits per heavy atom. The normalized spacial score (nSPS) is 17.0. The van der Waals surface area contributed by atoms with Crippen molar-refractivity contribution in [2.45, 2.75) is 25.8 Å². The van der Waals surface area contributed by atoms with Crippen molar-refractivity contribution in [2.75, 3.05) is 25.0 Å². The van der Waals surface area contributed by atoms with Crippen LogP contribution in [-0.4, -0.2) is 30.3 Å². The van der Waals surface area contributed by atoms with Crippen LogP contribution in [0.5, 0.6) is 0 Å². The summed E-state index contributed by atoms with van der Waals surface area (Å²) in [5.74, 6) is 0.234. The Balaban J connectivity index is 1.46. The summed E-state index contributed by atoms with van der Waals surface area (Å²) in [5.41, 5.74) is 6.12. The number of hydrogen-bond donors (Lipinski definition) is 1. The lowest BCUT2D eigenvalue weighted by Crippen LogP contribution is -2.34. The van der Waals surface area contributed by atoms with Crippen molar-refractivity contribution in [3.05, 3.63) is 64.7 Å². The third-order valence-corrected chi connectivity index (χ3v) is 4.94. The first-order chi connectivity index (χ1) is 11.3. The molecular formula is C20H22N2O. The van der Waals surface area contributed by atoms with Crippen molar-refractivity contribution in [1.29, 1.82) is 0 Å². The molecule has 0 bridgehead atoms. The van der Waals surface area contributed by atoms with Gasteiger partial charge in [-0.15, -0.1) is 0 Å². The second-order valence-electron chi connectivity index (χ2n) is 6.55. The summed E-state index contributed by atoms with van der Waals surface area (Å²) in [5, 5.41) is 3.40. The highest BCUT2D eigenvalue weighted by molar-refractivity contribution is 5.98. The molecule has 0 aromatic heterocycles. The summed E-state index contributed by atoms with van der Waals surface area (Å²) in [4.78, 5) is 14.9. The number of hydrogen-bond acceptors (Lipinski definition) is 3. The lowest BCUT2D eigenvalue weighted by Gasteiger charge is -2.28. The van der Waals surface area contributed by atoms with Crippen molar-refractivity contribution < 1.29 is 4.79 Å². The van der Waals surface area contributed by atoms with Crippen LogP contribution in [0, 0.1) is 0 Å². The molecule has 4 rings (SSSR count). The predicted octanol–water partition coefficient (Wildman–Crippen LogP) is 3.29. The first-order valence-electron chi connectivity index (χ1n) is 8.49. The van der Waals surface area contributed by atoms with E-state index < -0.39 is 0 Å². The average molecular weight is 306 g/mol. The maximum atomic E-state index is 12.6. The number of rotatable bonds is 3. The molecule has 0 saturated heterocycles. The van der Waals surface area contributed by atoms with Gasteiger partial charge in [0.1, 0.15) is 0 Å². The fraction of sp³-hybridized carbons (Fsp3) is 0.350. The summed E-state index contributed by atoms with van der Waals surface area (Å²) >= 11 is 0. The van der Waals surface area contributed by atoms with Crippen LogP contribution in [0.3, 0.4) is 0 Å². The van der Waals surface area contributed by atoms with Crippen LogP contribution >= 0.6 is 0 Å². The quantitative estimate of drug-likeness (QED) is 0.883. The Morgan fingerprint density at radius 2 is 1.91 bits per heavy atom. The van der Waals surface area contributed by atoms with E-state index in [0.717, 1.165) is 44.5 Å². The summed E-state index contributed by atoms with van der Waals surface area (Å²) in [6.45, 7) is 3.40. The van der Waals surface area contributed by atoms with Gasteiger partial charge in [-0.1, -0.05) is 24.3 Å². The van der Waals surface area contributed by atoms with Gasteiger partial charge in [0, 0.05) is 30.9 Å². The number of Topliss-reactive ketones (excluding diaryl/α,β-unsaturated/α-hetero) is 1. The van der Waals surface area contributed by atoms with Crippen LogP contribution in [0.15, 0.2) is 42.5 Å². The lowest BCUT2D eigenvalue weighted by atomic mass is 9.97. The molecule has 2 aromatic rings. The van der Waals surface area contributed by atoms with Crippen molar-refractivity contribution in [3.8, 4) is 0 Å². The molecule has 2 aromatic carbocycles. The SMILES string of the molecule is O=C(CN1CCc2ccccc2C1)c1ccc2c(c1)CCCN2. The van der Waals surface area contributed by atoms with Crippen LogP contribution < -0.4 is 5.32 Å². The molecule has 2 aliphatic heterocycles. The minimum Gasteiger partial charge on any atom is -0.385 e. The highest BCUT2D eigenvalue weighted by atomic mass is 16.1. The number of carbonyl (C=O) groups is 1. The van der Waals surface area contributed by atoms with E-state index in [1.807, 2.05) is 6.07 Å². The minimum absolute atomic E-state index is 0.234. The van der Waals surface area contributed by atoms with Crippen LogP contribution in [0.2, 0.25) is 0 Å². The molecule has 1 N–H and O–H groups in total. The average Bonchev–Trinajstić information content (AvgIpc) is 2.61. The Morgan fingerprint density at radius 3 is 2.83 bits per heavy atom. The van der Waals surface area contributed by atoms with Gasteiger partial charge in [0.25, 0.3) is 0 Å². The maximum absolute atomic E-state index is 12.6. The van der Waals surface area contributed by atoms with Crippen molar-refractivity contribution in [3.63, 3.8) is 0 Å². The Labute approximate surface area is 137 Å². The molecule has 0 spiro atoms. The monoisotopic (exact) mass is 306 g/mol. The highest BCUT2D eigenvalue weighted by Gasteiger charge is 2.19. The van der Waals surface area contributed by atoms with E-state index in [9.17, 15) is 4.79 Å². The largest absolute Gasteiger partial charge is 0.385 e. The fourth-order valence-electron chi connectivity index (χ4n) is 3.63. The van der Waals surface area contributed by atoms with Gasteiger partial charge in [-0.05, 0) is 54.2 Å². The van der Waals surface area contributed by atoms with Crippen molar-refractivity contribution in [2.24, 2.45) is 0 Å². The molecule has 0 saturated carbocycles. The number of fused-ring (bicyclic) bond motifs is 2. The maximum Gasteiger partial charge on any atom is 0.176 e. The molecule has 0 fully saturated rings. The Hall–Kier alpha value is -2.13. The van der Waals surface area contributed by atoms with Crippen LogP contribution in [-0.2, 0) is 19.4 Å². The van der Waals surface area contributed by atoms with Crippen molar-refractivity contribution >= 4 is 11.5 Å². The predicted molar refractivity (Wildman–Crippen MR) is 93.0 cm³/mol. The van der Waals surface area contributed by atoms with Gasteiger partial charge in [0.15, 0.2) is 5.78 Å². The number of anilines is 1. The van der Waals surface area contributed by atoms with E-state index in [2.05, 4.69) is 46.6 Å². The van der Waals surface area contributed by atoms with Crippen molar-refractivity contribution in [1.82, 2.24) is 4.90 Å². The van der Waals surface area contributed by atoms with Gasteiger partial charge >= 0.3 is 0 Å². The fourth-order valence-corrected chi connectivity index (χ4v) is 3.63. The van der Waals surface area contributed by atoms with Gasteiger partial charge < -0.3 is 5.32 Å². The topological polar surface area (TPSA) is 32.3 Å². The lowest BCUT2D eigenvalue weighted by molar-refractivity contribution is 0.0921. The van der Waals surface area contributed by atoms with Crippen LogP contribution in [0.25, 0.3) is 0 Å². The highest BCUT2D eigenvalue weighted by Crippen LogP contribution is 2.24. The third kappa shape index (κ3) is 3.02. The number of nitrogens with zero attached hydrogens (tertiary/aromatic N) is 1. The summed E-state index contributed by atoms with van der Waals surface area (Å²) in [7, 11) is 0. The van der Waals surface area contributed by atoms with E-state index in [-0.39, 0.29) is 5.78 Å². The summed E-state index contributed by atoms with van der Waals surface area (Å²) in [6, 6.07) is 14.7. The van der Waals surface area contributed by atoms with Gasteiger partial charge in [0.2, 0.25) is 0 Å². The van der Waals surface area contributed by atoms with Crippen LogP contribution in [0.1, 0.15) is 33.5 Å². The molecule has 3 heteroatoms. The van der Waals surface area contributed by atoms with E-state index in [1.54, 1.807) is 0 Å². The molecule has 3 nitrogen and oxygen atoms in total. The first kappa shape index (κ1) is 14.5. The molecule has 23 heavy (non-hydrogen) atoms. The molecule has 0 unspecified atom stereocenters. The first-order valence-corrected chi connectivity index (χ1v) is 8.49. The summed E-state index contributed by atoms with van der Waals surface area (Å²) in [6.07, 6.45) is 3.26. The molecule has 2 heterocycles. The molecule has 0 amide bonds. The van der Waals surface area contributed by atoms with E-state index in [0.29, 0.717) is 6.54 Å². The zero-order valence-corrected chi connectivity index (χ0v) is 13.3. The van der Waals surface area contributed by atoms with Gasteiger partial charge in [-0.25, -0.2) is 0 Å². The second-order valence-corrected chi connectivity index (χ2v) is 6.55. The smallest absolute Gasteiger partial charge is 0.176 e. The minimum atomic E-state index is 0.234.